The van der Waals surface area contributed by atoms with Gasteiger partial charge >= 0.3 is 6.03 Å². The van der Waals surface area contributed by atoms with E-state index in [-0.39, 0.29) is 12.6 Å². The van der Waals surface area contributed by atoms with E-state index in [1.54, 1.807) is 4.68 Å². The van der Waals surface area contributed by atoms with E-state index in [1.165, 1.54) is 0 Å². The fraction of sp³-hybridized carbons (Fsp3) is 0.600. The molecule has 2 amide bonds. The standard InChI is InChI=1S/C10H17FN4O/c1-7-9(8(2)15(3)14-7)6-13-10(16)12-5-4-11/h4-6H2,1-3H3,(H2,12,13,16). The van der Waals surface area contributed by atoms with Crippen LogP contribution in [0.5, 0.6) is 0 Å². The Labute approximate surface area is 94.0 Å². The van der Waals surface area contributed by atoms with Crippen molar-refractivity contribution in [2.24, 2.45) is 7.05 Å². The zero-order chi connectivity index (χ0) is 12.1. The summed E-state index contributed by atoms with van der Waals surface area (Å²) in [6, 6.07) is -0.361. The molecule has 16 heavy (non-hydrogen) atoms. The van der Waals surface area contributed by atoms with Crippen LogP contribution in [0, 0.1) is 13.8 Å². The lowest BCUT2D eigenvalue weighted by Crippen LogP contribution is -2.36. The van der Waals surface area contributed by atoms with Gasteiger partial charge in [0.1, 0.15) is 6.67 Å². The first-order valence-electron chi connectivity index (χ1n) is 5.13. The second-order valence-corrected chi connectivity index (χ2v) is 3.57. The summed E-state index contributed by atoms with van der Waals surface area (Å²) in [6.45, 7) is 3.72. The molecule has 1 rings (SSSR count). The van der Waals surface area contributed by atoms with Gasteiger partial charge < -0.3 is 10.6 Å². The summed E-state index contributed by atoms with van der Waals surface area (Å²) in [5.74, 6) is 0. The lowest BCUT2D eigenvalue weighted by atomic mass is 10.2. The zero-order valence-electron chi connectivity index (χ0n) is 9.80. The SMILES string of the molecule is Cc1nn(C)c(C)c1CNC(=O)NCCF. The van der Waals surface area contributed by atoms with Crippen LogP contribution in [0.2, 0.25) is 0 Å². The van der Waals surface area contributed by atoms with Gasteiger partial charge in [-0.1, -0.05) is 0 Å². The van der Waals surface area contributed by atoms with Gasteiger partial charge in [-0.15, -0.1) is 0 Å². The Balaban J connectivity index is 2.51. The molecule has 6 heteroatoms. The molecule has 0 aliphatic rings. The highest BCUT2D eigenvalue weighted by Gasteiger charge is 2.09. The fourth-order valence-corrected chi connectivity index (χ4v) is 1.47. The molecule has 2 N–H and O–H groups in total. The van der Waals surface area contributed by atoms with Crippen LogP contribution in [0.4, 0.5) is 9.18 Å². The summed E-state index contributed by atoms with van der Waals surface area (Å²) in [6.07, 6.45) is 0. The summed E-state index contributed by atoms with van der Waals surface area (Å²) < 4.78 is 13.6. The molecule has 0 saturated heterocycles. The number of aryl methyl sites for hydroxylation is 2. The van der Waals surface area contributed by atoms with Crippen molar-refractivity contribution in [2.75, 3.05) is 13.2 Å². The lowest BCUT2D eigenvalue weighted by molar-refractivity contribution is 0.239. The molecule has 90 valence electrons. The molecular formula is C10H17FN4O. The van der Waals surface area contributed by atoms with E-state index >= 15 is 0 Å². The van der Waals surface area contributed by atoms with Gasteiger partial charge in [0.05, 0.1) is 5.69 Å². The Bertz CT molecular complexity index is 375. The third-order valence-electron chi connectivity index (χ3n) is 2.46. The normalized spacial score (nSPS) is 10.2. The Kier molecular flexibility index (Phi) is 4.28. The molecular weight excluding hydrogens is 211 g/mol. The smallest absolute Gasteiger partial charge is 0.315 e. The zero-order valence-corrected chi connectivity index (χ0v) is 9.80. The quantitative estimate of drug-likeness (QED) is 0.801. The molecule has 0 aromatic carbocycles. The Hall–Kier alpha value is -1.59. The van der Waals surface area contributed by atoms with Crippen molar-refractivity contribution in [3.63, 3.8) is 0 Å². The molecule has 0 unspecified atom stereocenters. The number of aromatic nitrogens is 2. The number of rotatable bonds is 4. The van der Waals surface area contributed by atoms with Crippen LogP contribution < -0.4 is 10.6 Å². The highest BCUT2D eigenvalue weighted by molar-refractivity contribution is 5.73. The summed E-state index contributed by atoms with van der Waals surface area (Å²) in [4.78, 5) is 11.2. The van der Waals surface area contributed by atoms with Crippen LogP contribution >= 0.6 is 0 Å². The molecule has 0 spiro atoms. The van der Waals surface area contributed by atoms with Crippen molar-refractivity contribution >= 4 is 6.03 Å². The minimum Gasteiger partial charge on any atom is -0.336 e. The average Bonchev–Trinajstić information content (AvgIpc) is 2.48. The molecule has 0 aliphatic carbocycles. The van der Waals surface area contributed by atoms with Crippen LogP contribution in [-0.2, 0) is 13.6 Å². The maximum atomic E-state index is 11.8. The highest BCUT2D eigenvalue weighted by atomic mass is 19.1. The molecule has 1 aromatic rings. The number of alkyl halides is 1. The summed E-state index contributed by atoms with van der Waals surface area (Å²) in [5.41, 5.74) is 2.91. The van der Waals surface area contributed by atoms with Crippen LogP contribution in [0.1, 0.15) is 17.0 Å². The molecule has 0 bridgehead atoms. The van der Waals surface area contributed by atoms with Crippen LogP contribution in [0.25, 0.3) is 0 Å². The fourth-order valence-electron chi connectivity index (χ4n) is 1.47. The Morgan fingerprint density at radius 1 is 1.44 bits per heavy atom. The van der Waals surface area contributed by atoms with E-state index < -0.39 is 6.67 Å². The van der Waals surface area contributed by atoms with Crippen LogP contribution in [0.3, 0.4) is 0 Å². The van der Waals surface area contributed by atoms with Crippen LogP contribution in [-0.4, -0.2) is 29.0 Å². The first-order valence-corrected chi connectivity index (χ1v) is 5.13. The average molecular weight is 228 g/mol. The van der Waals surface area contributed by atoms with E-state index in [0.717, 1.165) is 17.0 Å². The molecule has 5 nitrogen and oxygen atoms in total. The molecule has 1 aromatic heterocycles. The third-order valence-corrected chi connectivity index (χ3v) is 2.46. The van der Waals surface area contributed by atoms with Crippen molar-refractivity contribution in [3.05, 3.63) is 17.0 Å². The second-order valence-electron chi connectivity index (χ2n) is 3.57. The van der Waals surface area contributed by atoms with Gasteiger partial charge in [0.25, 0.3) is 0 Å². The first kappa shape index (κ1) is 12.5. The second kappa shape index (κ2) is 5.48. The van der Waals surface area contributed by atoms with Gasteiger partial charge in [-0.2, -0.15) is 5.10 Å². The topological polar surface area (TPSA) is 59.0 Å². The number of nitrogens with one attached hydrogen (secondary N) is 2. The Morgan fingerprint density at radius 3 is 2.62 bits per heavy atom. The predicted octanol–water partition coefficient (Wildman–Crippen LogP) is 0.806. The van der Waals surface area contributed by atoms with Gasteiger partial charge in [0.15, 0.2) is 0 Å². The van der Waals surface area contributed by atoms with Crippen molar-refractivity contribution in [1.82, 2.24) is 20.4 Å². The first-order chi connectivity index (χ1) is 7.56. The maximum absolute atomic E-state index is 11.8. The molecule has 1 heterocycles. The van der Waals surface area contributed by atoms with Crippen molar-refractivity contribution in [1.29, 1.82) is 0 Å². The number of urea groups is 1. The highest BCUT2D eigenvalue weighted by Crippen LogP contribution is 2.10. The number of hydrogen-bond donors (Lipinski definition) is 2. The van der Waals surface area contributed by atoms with E-state index in [2.05, 4.69) is 15.7 Å². The summed E-state index contributed by atoms with van der Waals surface area (Å²) in [5, 5.41) is 9.29. The van der Waals surface area contributed by atoms with E-state index in [0.29, 0.717) is 6.54 Å². The minimum absolute atomic E-state index is 0.0385. The molecule has 0 fully saturated rings. The Morgan fingerprint density at radius 2 is 2.12 bits per heavy atom. The van der Waals surface area contributed by atoms with E-state index in [4.69, 9.17) is 0 Å². The predicted molar refractivity (Wildman–Crippen MR) is 58.9 cm³/mol. The molecule has 0 atom stereocenters. The largest absolute Gasteiger partial charge is 0.336 e. The number of amides is 2. The van der Waals surface area contributed by atoms with E-state index in [9.17, 15) is 9.18 Å². The summed E-state index contributed by atoms with van der Waals surface area (Å²) in [7, 11) is 1.86. The minimum atomic E-state index is -0.557. The number of hydrogen-bond acceptors (Lipinski definition) is 2. The number of halogens is 1. The van der Waals surface area contributed by atoms with Gasteiger partial charge in [0.2, 0.25) is 0 Å². The third kappa shape index (κ3) is 2.95. The van der Waals surface area contributed by atoms with E-state index in [1.807, 2.05) is 20.9 Å². The molecule has 0 saturated carbocycles. The lowest BCUT2D eigenvalue weighted by Gasteiger charge is -2.06. The monoisotopic (exact) mass is 228 g/mol. The number of nitrogens with zero attached hydrogens (tertiary/aromatic N) is 2. The number of carbonyl (C=O) groups is 1. The van der Waals surface area contributed by atoms with Gasteiger partial charge in [-0.05, 0) is 13.8 Å². The molecule has 0 radical (unpaired) electrons. The van der Waals surface area contributed by atoms with Crippen molar-refractivity contribution in [2.45, 2.75) is 20.4 Å². The van der Waals surface area contributed by atoms with Gasteiger partial charge in [-0.25, -0.2) is 9.18 Å². The van der Waals surface area contributed by atoms with Crippen molar-refractivity contribution < 1.29 is 9.18 Å². The van der Waals surface area contributed by atoms with Gasteiger partial charge in [-0.3, -0.25) is 4.68 Å². The van der Waals surface area contributed by atoms with Crippen LogP contribution in [0.15, 0.2) is 0 Å². The van der Waals surface area contributed by atoms with Crippen molar-refractivity contribution in [3.8, 4) is 0 Å². The number of carbonyl (C=O) groups excluding carboxylic acids is 1. The molecule has 0 aliphatic heterocycles. The van der Waals surface area contributed by atoms with Gasteiger partial charge in [0, 0.05) is 31.4 Å². The summed E-state index contributed by atoms with van der Waals surface area (Å²) >= 11 is 0. The maximum Gasteiger partial charge on any atom is 0.315 e.